The molecule has 1 aromatic carbocycles. The summed E-state index contributed by atoms with van der Waals surface area (Å²) in [6.07, 6.45) is 3.57. The molecule has 2 aliphatic rings. The molecule has 0 bridgehead atoms. The predicted octanol–water partition coefficient (Wildman–Crippen LogP) is 5.06. The average Bonchev–Trinajstić information content (AvgIpc) is 2.94. The summed E-state index contributed by atoms with van der Waals surface area (Å²) in [6, 6.07) is 10.7. The van der Waals surface area contributed by atoms with Crippen LogP contribution in [0, 0.1) is 0 Å². The van der Waals surface area contributed by atoms with Gasteiger partial charge in [-0.2, -0.15) is 0 Å². The van der Waals surface area contributed by atoms with E-state index in [0.29, 0.717) is 41.5 Å². The highest BCUT2D eigenvalue weighted by atomic mass is 79.9. The van der Waals surface area contributed by atoms with Gasteiger partial charge in [-0.1, -0.05) is 39.1 Å². The van der Waals surface area contributed by atoms with Gasteiger partial charge in [0.2, 0.25) is 0 Å². The molecular weight excluding hydrogens is 507 g/mol. The first-order chi connectivity index (χ1) is 14.9. The molecule has 0 amide bonds. The summed E-state index contributed by atoms with van der Waals surface area (Å²) in [5.74, 6) is 1.97. The minimum Gasteiger partial charge on any atom is -0.506 e. The summed E-state index contributed by atoms with van der Waals surface area (Å²) in [5.41, 5.74) is 7.17. The molecule has 4 heterocycles. The molecule has 0 aliphatic carbocycles. The van der Waals surface area contributed by atoms with Crippen LogP contribution in [0.15, 0.2) is 58.3 Å². The van der Waals surface area contributed by atoms with Crippen LogP contribution in [0.2, 0.25) is 10.3 Å². The second-order valence-electron chi connectivity index (χ2n) is 6.85. The number of nitrogens with zero attached hydrogens (tertiary/aromatic N) is 3. The number of aliphatic imine (C=N–C) groups is 1. The quantitative estimate of drug-likeness (QED) is 0.399. The van der Waals surface area contributed by atoms with E-state index in [1.807, 2.05) is 18.2 Å². The van der Waals surface area contributed by atoms with Gasteiger partial charge in [-0.3, -0.25) is 4.99 Å². The summed E-state index contributed by atoms with van der Waals surface area (Å²) in [5, 5.41) is 9.42. The van der Waals surface area contributed by atoms with Crippen molar-refractivity contribution in [1.82, 2.24) is 9.97 Å². The van der Waals surface area contributed by atoms with Crippen molar-refractivity contribution in [2.75, 3.05) is 13.2 Å². The Morgan fingerprint density at radius 3 is 2.52 bits per heavy atom. The molecule has 0 saturated carbocycles. The monoisotopic (exact) mass is 522 g/mol. The van der Waals surface area contributed by atoms with E-state index >= 15 is 0 Å². The summed E-state index contributed by atoms with van der Waals surface area (Å²) >= 11 is 15.0. The summed E-state index contributed by atoms with van der Waals surface area (Å²) < 4.78 is 12.5. The molecule has 10 heteroatoms. The van der Waals surface area contributed by atoms with Crippen LogP contribution in [0.25, 0.3) is 0 Å². The van der Waals surface area contributed by atoms with Crippen molar-refractivity contribution in [3.63, 3.8) is 0 Å². The molecule has 0 radical (unpaired) electrons. The van der Waals surface area contributed by atoms with Gasteiger partial charge >= 0.3 is 0 Å². The number of ether oxygens (including phenoxy) is 2. The number of amidine groups is 1. The smallest absolute Gasteiger partial charge is 0.151 e. The first-order valence-electron chi connectivity index (χ1n) is 9.24. The van der Waals surface area contributed by atoms with E-state index < -0.39 is 5.54 Å². The predicted molar refractivity (Wildman–Crippen MR) is 122 cm³/mol. The van der Waals surface area contributed by atoms with Gasteiger partial charge in [0.1, 0.15) is 39.8 Å². The lowest BCUT2D eigenvalue weighted by Gasteiger charge is -2.36. The topological polar surface area (TPSA) is 103 Å². The van der Waals surface area contributed by atoms with Crippen molar-refractivity contribution in [2.45, 2.75) is 12.0 Å². The zero-order valence-electron chi connectivity index (χ0n) is 16.1. The lowest BCUT2D eigenvalue weighted by molar-refractivity contribution is 0.160. The largest absolute Gasteiger partial charge is 0.506 e. The van der Waals surface area contributed by atoms with Gasteiger partial charge in [0.15, 0.2) is 5.75 Å². The fraction of sp³-hybridized carbons (Fsp3) is 0.190. The normalized spacial score (nSPS) is 19.1. The number of hydrogen-bond donors (Lipinski definition) is 2. The Morgan fingerprint density at radius 2 is 1.77 bits per heavy atom. The Balaban J connectivity index is 0.000000245. The van der Waals surface area contributed by atoms with Crippen molar-refractivity contribution >= 4 is 45.0 Å². The van der Waals surface area contributed by atoms with Crippen molar-refractivity contribution in [3.8, 4) is 17.2 Å². The first kappa shape index (κ1) is 21.8. The third-order valence-corrected chi connectivity index (χ3v) is 5.71. The van der Waals surface area contributed by atoms with E-state index in [1.165, 1.54) is 18.3 Å². The van der Waals surface area contributed by atoms with Gasteiger partial charge in [-0.05, 0) is 36.4 Å². The number of aromatic nitrogens is 2. The zero-order valence-corrected chi connectivity index (χ0v) is 19.2. The maximum absolute atomic E-state index is 8.64. The molecule has 3 aromatic rings. The van der Waals surface area contributed by atoms with Crippen LogP contribution in [0.1, 0.15) is 17.5 Å². The molecule has 1 spiro atoms. The van der Waals surface area contributed by atoms with Gasteiger partial charge < -0.3 is 20.3 Å². The highest BCUT2D eigenvalue weighted by Crippen LogP contribution is 2.52. The number of hydrogen-bond acceptors (Lipinski definition) is 7. The molecule has 0 fully saturated rings. The lowest BCUT2D eigenvalue weighted by atomic mass is 9.79. The molecule has 3 N–H and O–H groups in total. The van der Waals surface area contributed by atoms with E-state index in [2.05, 4.69) is 25.9 Å². The Kier molecular flexibility index (Phi) is 6.34. The van der Waals surface area contributed by atoms with Crippen molar-refractivity contribution in [2.24, 2.45) is 10.7 Å². The highest BCUT2D eigenvalue weighted by molar-refractivity contribution is 9.10. The number of nitrogens with two attached hydrogens (primary N) is 1. The third kappa shape index (κ3) is 4.62. The second-order valence-corrected chi connectivity index (χ2v) is 8.54. The van der Waals surface area contributed by atoms with Gasteiger partial charge in [-0.15, -0.1) is 0 Å². The van der Waals surface area contributed by atoms with Crippen LogP contribution in [0.3, 0.4) is 0 Å². The van der Waals surface area contributed by atoms with Gasteiger partial charge in [0, 0.05) is 22.0 Å². The van der Waals surface area contributed by atoms with Gasteiger partial charge in [0.25, 0.3) is 0 Å². The number of benzene rings is 1. The minimum absolute atomic E-state index is 0.134. The first-order valence-corrected chi connectivity index (χ1v) is 10.8. The number of fused-ring (bicyclic) bond motifs is 4. The summed E-state index contributed by atoms with van der Waals surface area (Å²) in [6.45, 7) is 0.857. The number of rotatable bonds is 0. The summed E-state index contributed by atoms with van der Waals surface area (Å²) in [4.78, 5) is 12.5. The molecule has 2 aliphatic heterocycles. The van der Waals surface area contributed by atoms with E-state index in [-0.39, 0.29) is 5.75 Å². The standard InChI is InChI=1S/C16H13BrClN3O2.C5H4ClNO/c17-9-1-2-12-10(5-9)16(3-4-22-8-15(19)21-16)11-6-14(18)20-7-13(11)23-12;6-5-2-1-4(8)3-7-5/h1-2,5-7H,3-4,8H2,(H2,19,21);1-3,8H/t16-;/m1./s1. The Bertz CT molecular complexity index is 1070. The number of halogens is 3. The Labute approximate surface area is 197 Å². The maximum Gasteiger partial charge on any atom is 0.151 e. The molecule has 2 aromatic heterocycles. The fourth-order valence-corrected chi connectivity index (χ4v) is 4.12. The van der Waals surface area contributed by atoms with Crippen LogP contribution in [-0.2, 0) is 10.3 Å². The van der Waals surface area contributed by atoms with Gasteiger partial charge in [0.05, 0.1) is 19.0 Å². The SMILES string of the molecule is NC1=N[C@]2(CCOC1)c1cc(Br)ccc1Oc1cnc(Cl)cc12.Oc1ccc(Cl)nc1. The molecular formula is C21H17BrCl2N4O3. The molecule has 0 unspecified atom stereocenters. The fourth-order valence-electron chi connectivity index (χ4n) is 3.49. The second kappa shape index (κ2) is 9.00. The molecule has 160 valence electrons. The zero-order chi connectivity index (χ0) is 22.0. The maximum atomic E-state index is 8.64. The third-order valence-electron chi connectivity index (χ3n) is 4.79. The molecule has 5 rings (SSSR count). The average molecular weight is 524 g/mol. The van der Waals surface area contributed by atoms with Gasteiger partial charge in [-0.25, -0.2) is 9.97 Å². The molecule has 7 nitrogen and oxygen atoms in total. The van der Waals surface area contributed by atoms with Crippen LogP contribution < -0.4 is 10.5 Å². The van der Waals surface area contributed by atoms with Crippen LogP contribution in [0.5, 0.6) is 17.2 Å². The number of pyridine rings is 2. The Hall–Kier alpha value is -2.39. The molecule has 31 heavy (non-hydrogen) atoms. The van der Waals surface area contributed by atoms with E-state index in [4.69, 9.17) is 48.5 Å². The van der Waals surface area contributed by atoms with Crippen LogP contribution >= 0.6 is 39.1 Å². The minimum atomic E-state index is -0.681. The molecule has 1 atom stereocenters. The van der Waals surface area contributed by atoms with E-state index in [0.717, 1.165) is 21.3 Å². The summed E-state index contributed by atoms with van der Waals surface area (Å²) in [7, 11) is 0. The molecule has 0 saturated heterocycles. The van der Waals surface area contributed by atoms with Crippen molar-refractivity contribution < 1.29 is 14.6 Å². The van der Waals surface area contributed by atoms with E-state index in [1.54, 1.807) is 12.3 Å². The van der Waals surface area contributed by atoms with Crippen LogP contribution in [-0.4, -0.2) is 34.1 Å². The van der Waals surface area contributed by atoms with Crippen LogP contribution in [0.4, 0.5) is 0 Å². The van der Waals surface area contributed by atoms with E-state index in [9.17, 15) is 0 Å². The van der Waals surface area contributed by atoms with Crippen molar-refractivity contribution in [1.29, 1.82) is 0 Å². The Morgan fingerprint density at radius 1 is 1.00 bits per heavy atom. The number of aromatic hydroxyl groups is 1. The lowest BCUT2D eigenvalue weighted by Crippen LogP contribution is -2.32. The highest BCUT2D eigenvalue weighted by Gasteiger charge is 2.43. The van der Waals surface area contributed by atoms with Crippen molar-refractivity contribution in [3.05, 3.63) is 74.7 Å².